The van der Waals surface area contributed by atoms with Crippen LogP contribution in [0.2, 0.25) is 0 Å². The summed E-state index contributed by atoms with van der Waals surface area (Å²) in [6.45, 7) is 2.16. The Morgan fingerprint density at radius 2 is 2.19 bits per heavy atom. The molecule has 1 unspecified atom stereocenters. The normalized spacial score (nSPS) is 18.2. The molecule has 1 aliphatic heterocycles. The maximum atomic E-state index is 11.7. The van der Waals surface area contributed by atoms with Crippen LogP contribution in [0.5, 0.6) is 0 Å². The molecule has 2 rings (SSSR count). The average molecular weight is 327 g/mol. The van der Waals surface area contributed by atoms with E-state index >= 15 is 0 Å². The molecule has 0 aromatic carbocycles. The van der Waals surface area contributed by atoms with E-state index in [1.54, 1.807) is 6.07 Å². The van der Waals surface area contributed by atoms with Crippen LogP contribution in [0.4, 0.5) is 0 Å². The number of hydrogen-bond acceptors (Lipinski definition) is 5. The fourth-order valence-electron chi connectivity index (χ4n) is 2.06. The molecule has 1 aromatic heterocycles. The van der Waals surface area contributed by atoms with Crippen molar-refractivity contribution in [1.82, 2.24) is 16.0 Å². The largest absolute Gasteiger partial charge is 0.356 e. The van der Waals surface area contributed by atoms with E-state index in [1.807, 2.05) is 23.2 Å². The van der Waals surface area contributed by atoms with Gasteiger partial charge in [0.2, 0.25) is 5.91 Å². The second kappa shape index (κ2) is 9.07. The molecule has 0 saturated carbocycles. The number of carbonyl (C=O) groups is 2. The third kappa shape index (κ3) is 6.07. The number of nitrogens with one attached hydrogen (secondary N) is 3. The Morgan fingerprint density at radius 3 is 2.90 bits per heavy atom. The first kappa shape index (κ1) is 16.3. The molecule has 116 valence electrons. The van der Waals surface area contributed by atoms with Crippen molar-refractivity contribution in [1.29, 1.82) is 0 Å². The van der Waals surface area contributed by atoms with Gasteiger partial charge in [0, 0.05) is 43.6 Å². The van der Waals surface area contributed by atoms with E-state index in [2.05, 4.69) is 16.0 Å². The molecular formula is C14H21N3O2S2. The van der Waals surface area contributed by atoms with Crippen molar-refractivity contribution in [3.63, 3.8) is 0 Å². The Labute approximate surface area is 133 Å². The summed E-state index contributed by atoms with van der Waals surface area (Å²) in [5.41, 5.74) is 0. The van der Waals surface area contributed by atoms with Gasteiger partial charge in [-0.05, 0) is 17.9 Å². The lowest BCUT2D eigenvalue weighted by Gasteiger charge is -2.22. The molecule has 1 saturated heterocycles. The van der Waals surface area contributed by atoms with Gasteiger partial charge in [0.05, 0.1) is 4.88 Å². The summed E-state index contributed by atoms with van der Waals surface area (Å²) in [5.74, 6) is 2.17. The van der Waals surface area contributed by atoms with Crippen molar-refractivity contribution in [2.75, 3.05) is 31.1 Å². The van der Waals surface area contributed by atoms with Crippen LogP contribution in [0.25, 0.3) is 0 Å². The molecule has 2 heterocycles. The van der Waals surface area contributed by atoms with Crippen LogP contribution >= 0.6 is 23.1 Å². The van der Waals surface area contributed by atoms with Gasteiger partial charge in [-0.25, -0.2) is 0 Å². The summed E-state index contributed by atoms with van der Waals surface area (Å²) in [6.07, 6.45) is 1.28. The molecule has 1 aromatic rings. The van der Waals surface area contributed by atoms with Gasteiger partial charge in [0.15, 0.2) is 0 Å². The fourth-order valence-corrected chi connectivity index (χ4v) is 3.65. The van der Waals surface area contributed by atoms with E-state index < -0.39 is 0 Å². The van der Waals surface area contributed by atoms with Crippen molar-refractivity contribution in [3.05, 3.63) is 22.4 Å². The number of rotatable bonds is 7. The van der Waals surface area contributed by atoms with E-state index in [4.69, 9.17) is 0 Å². The molecule has 2 amide bonds. The van der Waals surface area contributed by atoms with Crippen LogP contribution < -0.4 is 16.0 Å². The van der Waals surface area contributed by atoms with Crippen molar-refractivity contribution in [2.45, 2.75) is 18.9 Å². The Morgan fingerprint density at radius 1 is 1.33 bits per heavy atom. The zero-order valence-corrected chi connectivity index (χ0v) is 13.5. The first-order valence-corrected chi connectivity index (χ1v) is 9.18. The first-order valence-electron chi connectivity index (χ1n) is 7.15. The Bertz CT molecular complexity index is 445. The van der Waals surface area contributed by atoms with Gasteiger partial charge in [-0.15, -0.1) is 11.3 Å². The Balaban J connectivity index is 1.51. The van der Waals surface area contributed by atoms with Crippen molar-refractivity contribution in [3.8, 4) is 0 Å². The predicted octanol–water partition coefficient (Wildman–Crippen LogP) is 1.08. The lowest BCUT2D eigenvalue weighted by Crippen LogP contribution is -2.41. The van der Waals surface area contributed by atoms with E-state index in [9.17, 15) is 9.59 Å². The van der Waals surface area contributed by atoms with E-state index in [0.29, 0.717) is 25.6 Å². The molecule has 5 nitrogen and oxygen atoms in total. The van der Waals surface area contributed by atoms with Crippen LogP contribution in [-0.4, -0.2) is 49.0 Å². The third-order valence-corrected chi connectivity index (χ3v) is 5.14. The monoisotopic (exact) mass is 327 g/mol. The summed E-state index contributed by atoms with van der Waals surface area (Å²) in [7, 11) is 0. The van der Waals surface area contributed by atoms with Gasteiger partial charge >= 0.3 is 0 Å². The summed E-state index contributed by atoms with van der Waals surface area (Å²) in [5, 5.41) is 11.0. The fraction of sp³-hybridized carbons (Fsp3) is 0.571. The number of amides is 2. The quantitative estimate of drug-likeness (QED) is 0.656. The maximum absolute atomic E-state index is 11.7. The highest BCUT2D eigenvalue weighted by Gasteiger charge is 2.16. The van der Waals surface area contributed by atoms with Crippen LogP contribution in [0.15, 0.2) is 17.5 Å². The summed E-state index contributed by atoms with van der Waals surface area (Å²) in [4.78, 5) is 24.1. The zero-order chi connectivity index (χ0) is 14.9. The minimum Gasteiger partial charge on any atom is -0.356 e. The maximum Gasteiger partial charge on any atom is 0.261 e. The number of carbonyl (C=O) groups excluding carboxylic acids is 2. The Hall–Kier alpha value is -1.05. The standard InChI is InChI=1S/C14H21N3O2S2/c18-13(9-11-10-20-8-6-15-11)16-4-2-5-17-14(19)12-3-1-7-21-12/h1,3,7,11,15H,2,4-6,8-10H2,(H,16,18)(H,17,19). The third-order valence-electron chi connectivity index (χ3n) is 3.14. The number of thioether (sulfide) groups is 1. The van der Waals surface area contributed by atoms with Crippen molar-refractivity contribution < 1.29 is 9.59 Å². The van der Waals surface area contributed by atoms with Gasteiger partial charge in [-0.1, -0.05) is 6.07 Å². The topological polar surface area (TPSA) is 70.2 Å². The molecule has 1 fully saturated rings. The second-order valence-electron chi connectivity index (χ2n) is 4.87. The minimum absolute atomic E-state index is 0.0419. The van der Waals surface area contributed by atoms with Crippen LogP contribution in [0, 0.1) is 0 Å². The van der Waals surface area contributed by atoms with Crippen molar-refractivity contribution >= 4 is 34.9 Å². The predicted molar refractivity (Wildman–Crippen MR) is 88.0 cm³/mol. The van der Waals surface area contributed by atoms with Gasteiger partial charge in [0.1, 0.15) is 0 Å². The highest BCUT2D eigenvalue weighted by Crippen LogP contribution is 2.10. The molecule has 3 N–H and O–H groups in total. The lowest BCUT2D eigenvalue weighted by atomic mass is 10.2. The van der Waals surface area contributed by atoms with Crippen LogP contribution in [0.1, 0.15) is 22.5 Å². The van der Waals surface area contributed by atoms with E-state index in [-0.39, 0.29) is 11.8 Å². The van der Waals surface area contributed by atoms with Gasteiger partial charge in [0.25, 0.3) is 5.91 Å². The molecule has 0 radical (unpaired) electrons. The second-order valence-corrected chi connectivity index (χ2v) is 6.96. The van der Waals surface area contributed by atoms with E-state index in [1.165, 1.54) is 11.3 Å². The smallest absolute Gasteiger partial charge is 0.261 e. The Kier molecular flexibility index (Phi) is 7.05. The summed E-state index contributed by atoms with van der Waals surface area (Å²) in [6, 6.07) is 3.95. The number of thiophene rings is 1. The summed E-state index contributed by atoms with van der Waals surface area (Å²) < 4.78 is 0. The first-order chi connectivity index (χ1) is 10.3. The molecule has 21 heavy (non-hydrogen) atoms. The molecule has 0 bridgehead atoms. The molecule has 1 aliphatic rings. The highest BCUT2D eigenvalue weighted by molar-refractivity contribution is 7.99. The summed E-state index contributed by atoms with van der Waals surface area (Å²) >= 11 is 3.32. The minimum atomic E-state index is -0.0419. The average Bonchev–Trinajstić information content (AvgIpc) is 3.02. The van der Waals surface area contributed by atoms with Gasteiger partial charge in [-0.2, -0.15) is 11.8 Å². The van der Waals surface area contributed by atoms with Gasteiger partial charge < -0.3 is 16.0 Å². The van der Waals surface area contributed by atoms with Crippen LogP contribution in [-0.2, 0) is 4.79 Å². The molecule has 7 heteroatoms. The highest BCUT2D eigenvalue weighted by atomic mass is 32.2. The molecule has 0 aliphatic carbocycles. The van der Waals surface area contributed by atoms with E-state index in [0.717, 1.165) is 29.3 Å². The molecule has 0 spiro atoms. The van der Waals surface area contributed by atoms with Crippen molar-refractivity contribution in [2.24, 2.45) is 0 Å². The molecular weight excluding hydrogens is 306 g/mol. The lowest BCUT2D eigenvalue weighted by molar-refractivity contribution is -0.121. The number of hydrogen-bond donors (Lipinski definition) is 3. The SMILES string of the molecule is O=C(CC1CSCCN1)NCCCNC(=O)c1cccs1. The molecule has 1 atom stereocenters. The zero-order valence-electron chi connectivity index (χ0n) is 11.9. The van der Waals surface area contributed by atoms with Crippen LogP contribution in [0.3, 0.4) is 0 Å². The van der Waals surface area contributed by atoms with Gasteiger partial charge in [-0.3, -0.25) is 9.59 Å².